The monoisotopic (exact) mass is 314 g/mol. The van der Waals surface area contributed by atoms with Crippen LogP contribution in [-0.2, 0) is 6.42 Å². The molecule has 2 heterocycles. The van der Waals surface area contributed by atoms with E-state index in [1.807, 2.05) is 23.9 Å². The minimum atomic E-state index is 0.528. The van der Waals surface area contributed by atoms with Crippen LogP contribution in [0.1, 0.15) is 24.7 Å². The predicted molar refractivity (Wildman–Crippen MR) is 84.8 cm³/mol. The Morgan fingerprint density at radius 3 is 3.05 bits per heavy atom. The Kier molecular flexibility index (Phi) is 4.25. The normalized spacial score (nSPS) is 20.0. The van der Waals surface area contributed by atoms with Gasteiger partial charge in [0, 0.05) is 24.1 Å². The average molecular weight is 315 g/mol. The number of para-hydroxylation sites is 1. The molecule has 1 atom stereocenters. The van der Waals surface area contributed by atoms with Crippen LogP contribution in [0.2, 0.25) is 5.02 Å². The van der Waals surface area contributed by atoms with Gasteiger partial charge in [-0.25, -0.2) is 4.98 Å². The van der Waals surface area contributed by atoms with Gasteiger partial charge in [-0.2, -0.15) is 11.8 Å². The summed E-state index contributed by atoms with van der Waals surface area (Å²) < 4.78 is 2.37. The molecule has 1 aliphatic heterocycles. The summed E-state index contributed by atoms with van der Waals surface area (Å²) in [7, 11) is 0. The molecule has 0 radical (unpaired) electrons. The summed E-state index contributed by atoms with van der Waals surface area (Å²) in [6.07, 6.45) is 3.30. The molecule has 19 heavy (non-hydrogen) atoms. The van der Waals surface area contributed by atoms with Crippen LogP contribution >= 0.6 is 35.0 Å². The van der Waals surface area contributed by atoms with E-state index in [1.165, 1.54) is 18.6 Å². The number of fused-ring (bicyclic) bond motifs is 1. The van der Waals surface area contributed by atoms with Crippen molar-refractivity contribution >= 4 is 46.0 Å². The first kappa shape index (κ1) is 13.6. The zero-order valence-electron chi connectivity index (χ0n) is 10.6. The Morgan fingerprint density at radius 1 is 1.42 bits per heavy atom. The zero-order chi connectivity index (χ0) is 13.2. The van der Waals surface area contributed by atoms with Gasteiger partial charge in [0.2, 0.25) is 0 Å². The van der Waals surface area contributed by atoms with Crippen molar-refractivity contribution in [2.24, 2.45) is 0 Å². The fourth-order valence-corrected chi connectivity index (χ4v) is 4.23. The number of imidazole rings is 1. The van der Waals surface area contributed by atoms with Crippen LogP contribution in [0.4, 0.5) is 0 Å². The highest BCUT2D eigenvalue weighted by Crippen LogP contribution is 2.33. The molecule has 3 rings (SSSR count). The maximum atomic E-state index is 6.27. The van der Waals surface area contributed by atoms with Gasteiger partial charge in [-0.1, -0.05) is 17.7 Å². The summed E-state index contributed by atoms with van der Waals surface area (Å²) in [5.74, 6) is 4.11. The Morgan fingerprint density at radius 2 is 2.32 bits per heavy atom. The summed E-state index contributed by atoms with van der Waals surface area (Å²) >= 11 is 14.2. The van der Waals surface area contributed by atoms with Gasteiger partial charge in [0.25, 0.3) is 0 Å². The van der Waals surface area contributed by atoms with Crippen molar-refractivity contribution < 1.29 is 0 Å². The molecular weight excluding hydrogens is 299 g/mol. The molecule has 1 unspecified atom stereocenters. The SMILES string of the molecule is ClCCc1nc2c(Cl)cccc2n1C1CCCSC1. The fraction of sp³-hybridized carbons (Fsp3) is 0.500. The van der Waals surface area contributed by atoms with Gasteiger partial charge in [0.05, 0.1) is 10.5 Å². The number of halogens is 2. The molecule has 0 spiro atoms. The molecule has 0 aliphatic carbocycles. The molecule has 2 nitrogen and oxygen atoms in total. The van der Waals surface area contributed by atoms with E-state index in [0.29, 0.717) is 11.9 Å². The van der Waals surface area contributed by atoms with E-state index >= 15 is 0 Å². The van der Waals surface area contributed by atoms with Gasteiger partial charge in [-0.15, -0.1) is 11.6 Å². The van der Waals surface area contributed by atoms with Crippen molar-refractivity contribution in [1.82, 2.24) is 9.55 Å². The molecule has 0 saturated carbocycles. The lowest BCUT2D eigenvalue weighted by atomic mass is 10.1. The maximum Gasteiger partial charge on any atom is 0.111 e. The quantitative estimate of drug-likeness (QED) is 0.774. The number of thioether (sulfide) groups is 1. The molecule has 1 aromatic heterocycles. The Labute approximate surface area is 127 Å². The van der Waals surface area contributed by atoms with Crippen LogP contribution in [0.25, 0.3) is 11.0 Å². The van der Waals surface area contributed by atoms with Gasteiger partial charge in [-0.3, -0.25) is 0 Å². The highest BCUT2D eigenvalue weighted by molar-refractivity contribution is 7.99. The Hall–Kier alpha value is -0.380. The van der Waals surface area contributed by atoms with Crippen molar-refractivity contribution in [3.8, 4) is 0 Å². The Bertz CT molecular complexity index is 576. The summed E-state index contributed by atoms with van der Waals surface area (Å²) in [6, 6.07) is 6.55. The molecule has 5 heteroatoms. The molecule has 2 aromatic rings. The number of nitrogens with zero attached hydrogens (tertiary/aromatic N) is 2. The number of rotatable bonds is 3. The van der Waals surface area contributed by atoms with E-state index in [1.54, 1.807) is 0 Å². The van der Waals surface area contributed by atoms with Gasteiger partial charge in [0.15, 0.2) is 0 Å². The number of alkyl halides is 1. The summed E-state index contributed by atoms with van der Waals surface area (Å²) in [4.78, 5) is 4.71. The molecule has 1 aromatic carbocycles. The number of aromatic nitrogens is 2. The third-order valence-corrected chi connectivity index (χ3v) is 5.26. The van der Waals surface area contributed by atoms with Crippen molar-refractivity contribution in [1.29, 1.82) is 0 Å². The van der Waals surface area contributed by atoms with Crippen molar-refractivity contribution in [2.75, 3.05) is 17.4 Å². The first-order valence-corrected chi connectivity index (χ1v) is 8.67. The molecule has 0 bridgehead atoms. The first-order valence-electron chi connectivity index (χ1n) is 6.60. The highest BCUT2D eigenvalue weighted by atomic mass is 35.5. The molecule has 1 saturated heterocycles. The van der Waals surface area contributed by atoms with Crippen LogP contribution < -0.4 is 0 Å². The van der Waals surface area contributed by atoms with E-state index < -0.39 is 0 Å². The van der Waals surface area contributed by atoms with Crippen LogP contribution in [0.5, 0.6) is 0 Å². The molecule has 0 N–H and O–H groups in total. The second-order valence-corrected chi connectivity index (χ2v) is 6.75. The number of hydrogen-bond acceptors (Lipinski definition) is 2. The molecule has 1 aliphatic rings. The summed E-state index contributed by atoms with van der Waals surface area (Å²) in [6.45, 7) is 0. The van der Waals surface area contributed by atoms with E-state index in [2.05, 4.69) is 10.6 Å². The topological polar surface area (TPSA) is 17.8 Å². The first-order chi connectivity index (χ1) is 9.31. The summed E-state index contributed by atoms with van der Waals surface area (Å²) in [5, 5.41) is 0.732. The van der Waals surface area contributed by atoms with Gasteiger partial charge in [0.1, 0.15) is 11.3 Å². The van der Waals surface area contributed by atoms with Gasteiger partial charge < -0.3 is 4.57 Å². The van der Waals surface area contributed by atoms with Crippen molar-refractivity contribution in [3.63, 3.8) is 0 Å². The van der Waals surface area contributed by atoms with Crippen LogP contribution in [0.15, 0.2) is 18.2 Å². The van der Waals surface area contributed by atoms with E-state index in [4.69, 9.17) is 28.2 Å². The lowest BCUT2D eigenvalue weighted by Gasteiger charge is -2.25. The highest BCUT2D eigenvalue weighted by Gasteiger charge is 2.22. The third-order valence-electron chi connectivity index (χ3n) is 3.56. The van der Waals surface area contributed by atoms with Crippen LogP contribution in [0.3, 0.4) is 0 Å². The van der Waals surface area contributed by atoms with Crippen molar-refractivity contribution in [2.45, 2.75) is 25.3 Å². The largest absolute Gasteiger partial charge is 0.324 e. The predicted octanol–water partition coefficient (Wildman–Crippen LogP) is 4.54. The van der Waals surface area contributed by atoms with Crippen LogP contribution in [-0.4, -0.2) is 26.9 Å². The summed E-state index contributed by atoms with van der Waals surface area (Å²) in [5.41, 5.74) is 2.07. The fourth-order valence-electron chi connectivity index (χ4n) is 2.73. The lowest BCUT2D eigenvalue weighted by Crippen LogP contribution is -2.18. The standard InChI is InChI=1S/C14H16Cl2N2S/c15-7-6-13-17-14-11(16)4-1-5-12(14)18(13)10-3-2-8-19-9-10/h1,4-5,10H,2-3,6-9H2. The van der Waals surface area contributed by atoms with Crippen molar-refractivity contribution in [3.05, 3.63) is 29.0 Å². The van der Waals surface area contributed by atoms with Gasteiger partial charge in [-0.05, 0) is 30.7 Å². The van der Waals surface area contributed by atoms with Gasteiger partial charge >= 0.3 is 0 Å². The average Bonchev–Trinajstić information content (AvgIpc) is 2.80. The zero-order valence-corrected chi connectivity index (χ0v) is 12.9. The van der Waals surface area contributed by atoms with E-state index in [-0.39, 0.29) is 0 Å². The lowest BCUT2D eigenvalue weighted by molar-refractivity contribution is 0.495. The maximum absolute atomic E-state index is 6.27. The smallest absolute Gasteiger partial charge is 0.111 e. The number of hydrogen-bond donors (Lipinski definition) is 0. The minimum absolute atomic E-state index is 0.528. The van der Waals surface area contributed by atoms with Crippen LogP contribution in [0, 0.1) is 0 Å². The molecular formula is C14H16Cl2N2S. The molecule has 1 fully saturated rings. The number of benzene rings is 1. The second kappa shape index (κ2) is 5.94. The second-order valence-electron chi connectivity index (χ2n) is 4.82. The van der Waals surface area contributed by atoms with E-state index in [9.17, 15) is 0 Å². The Balaban J connectivity index is 2.13. The molecule has 0 amide bonds. The minimum Gasteiger partial charge on any atom is -0.324 e. The van der Waals surface area contributed by atoms with E-state index in [0.717, 1.165) is 34.1 Å². The molecule has 102 valence electrons. The number of aryl methyl sites for hydroxylation is 1. The third kappa shape index (κ3) is 2.61.